The maximum Gasteiger partial charge on any atom is 0.323 e. The molecular formula is C12H13FN2O2. The van der Waals surface area contributed by atoms with E-state index in [0.717, 1.165) is 10.9 Å². The van der Waals surface area contributed by atoms with Gasteiger partial charge in [-0.3, -0.25) is 4.79 Å². The Morgan fingerprint density at radius 1 is 1.59 bits per heavy atom. The van der Waals surface area contributed by atoms with E-state index in [4.69, 9.17) is 10.8 Å². The Morgan fingerprint density at radius 3 is 2.94 bits per heavy atom. The van der Waals surface area contributed by atoms with Crippen LogP contribution < -0.4 is 5.73 Å². The highest BCUT2D eigenvalue weighted by molar-refractivity contribution is 5.85. The van der Waals surface area contributed by atoms with Gasteiger partial charge in [0.1, 0.15) is 11.4 Å². The first-order valence-electron chi connectivity index (χ1n) is 5.18. The summed E-state index contributed by atoms with van der Waals surface area (Å²) in [5, 5.41) is 9.76. The van der Waals surface area contributed by atoms with E-state index in [1.54, 1.807) is 12.3 Å². The van der Waals surface area contributed by atoms with Gasteiger partial charge in [-0.1, -0.05) is 0 Å². The van der Waals surface area contributed by atoms with Crippen LogP contribution in [0.2, 0.25) is 0 Å². The quantitative estimate of drug-likeness (QED) is 0.758. The lowest BCUT2D eigenvalue weighted by Crippen LogP contribution is -2.46. The third-order valence-electron chi connectivity index (χ3n) is 2.78. The summed E-state index contributed by atoms with van der Waals surface area (Å²) in [6, 6.07) is 4.33. The second-order valence-electron chi connectivity index (χ2n) is 4.40. The zero-order chi connectivity index (χ0) is 12.6. The molecule has 90 valence electrons. The van der Waals surface area contributed by atoms with Crippen LogP contribution in [0.5, 0.6) is 0 Å². The number of aromatic nitrogens is 1. The molecule has 0 aliphatic carbocycles. The molecule has 0 aliphatic rings. The lowest BCUT2D eigenvalue weighted by Gasteiger charge is -2.18. The van der Waals surface area contributed by atoms with E-state index in [0.29, 0.717) is 5.52 Å². The maximum absolute atomic E-state index is 13.0. The van der Waals surface area contributed by atoms with Gasteiger partial charge < -0.3 is 15.8 Å². The van der Waals surface area contributed by atoms with Crippen molar-refractivity contribution in [3.63, 3.8) is 0 Å². The Labute approximate surface area is 97.2 Å². The van der Waals surface area contributed by atoms with Crippen LogP contribution in [-0.2, 0) is 11.2 Å². The molecule has 0 spiro atoms. The third-order valence-corrected chi connectivity index (χ3v) is 2.78. The van der Waals surface area contributed by atoms with Crippen molar-refractivity contribution in [2.45, 2.75) is 18.9 Å². The molecule has 1 heterocycles. The fraction of sp³-hybridized carbons (Fsp3) is 0.250. The van der Waals surface area contributed by atoms with Gasteiger partial charge in [-0.25, -0.2) is 4.39 Å². The number of rotatable bonds is 3. The summed E-state index contributed by atoms with van der Waals surface area (Å²) >= 11 is 0. The molecular weight excluding hydrogens is 223 g/mol. The molecule has 4 N–H and O–H groups in total. The Balaban J connectivity index is 2.41. The zero-order valence-corrected chi connectivity index (χ0v) is 9.33. The number of carbonyl (C=O) groups is 1. The lowest BCUT2D eigenvalue weighted by atomic mass is 9.94. The summed E-state index contributed by atoms with van der Waals surface area (Å²) in [5.74, 6) is -1.39. The summed E-state index contributed by atoms with van der Waals surface area (Å²) in [4.78, 5) is 13.8. The molecule has 17 heavy (non-hydrogen) atoms. The van der Waals surface area contributed by atoms with Gasteiger partial charge in [0.25, 0.3) is 0 Å². The van der Waals surface area contributed by atoms with Gasteiger partial charge in [-0.2, -0.15) is 0 Å². The van der Waals surface area contributed by atoms with Crippen LogP contribution in [0.1, 0.15) is 12.5 Å². The number of halogens is 1. The molecule has 0 fully saturated rings. The molecule has 0 aliphatic heterocycles. The number of benzene rings is 1. The topological polar surface area (TPSA) is 79.1 Å². The van der Waals surface area contributed by atoms with E-state index in [1.807, 2.05) is 0 Å². The number of hydrogen-bond acceptors (Lipinski definition) is 2. The fourth-order valence-electron chi connectivity index (χ4n) is 1.78. The predicted octanol–water partition coefficient (Wildman–Crippen LogP) is 1.65. The lowest BCUT2D eigenvalue weighted by molar-refractivity contribution is -0.142. The summed E-state index contributed by atoms with van der Waals surface area (Å²) in [5.41, 5.74) is 5.77. The van der Waals surface area contributed by atoms with Crippen molar-refractivity contribution in [1.82, 2.24) is 4.98 Å². The Morgan fingerprint density at radius 2 is 2.29 bits per heavy atom. The monoisotopic (exact) mass is 236 g/mol. The number of carboxylic acid groups (broad SMARTS) is 1. The number of nitrogens with one attached hydrogen (secondary N) is 1. The van der Waals surface area contributed by atoms with Crippen molar-refractivity contribution in [3.8, 4) is 0 Å². The summed E-state index contributed by atoms with van der Waals surface area (Å²) in [6.45, 7) is 1.46. The van der Waals surface area contributed by atoms with Crippen molar-refractivity contribution in [1.29, 1.82) is 0 Å². The molecule has 1 aromatic carbocycles. The van der Waals surface area contributed by atoms with E-state index in [9.17, 15) is 9.18 Å². The average molecular weight is 236 g/mol. The Hall–Kier alpha value is -1.88. The largest absolute Gasteiger partial charge is 0.480 e. The predicted molar refractivity (Wildman–Crippen MR) is 62.2 cm³/mol. The molecule has 0 radical (unpaired) electrons. The molecule has 0 bridgehead atoms. The molecule has 2 rings (SSSR count). The van der Waals surface area contributed by atoms with Crippen molar-refractivity contribution in [3.05, 3.63) is 35.8 Å². The summed E-state index contributed by atoms with van der Waals surface area (Å²) in [6.07, 6.45) is 1.85. The van der Waals surface area contributed by atoms with Gasteiger partial charge in [0, 0.05) is 23.5 Å². The molecule has 2 aromatic rings. The standard InChI is InChI=1S/C12H13FN2O2/c1-12(14,11(16)17)5-7-6-15-10-4-8(13)2-3-9(7)10/h2-4,6,15H,5,14H2,1H3,(H,16,17)/t12-/m0/s1. The number of aromatic amines is 1. The van der Waals surface area contributed by atoms with E-state index in [2.05, 4.69) is 4.98 Å². The minimum absolute atomic E-state index is 0.188. The van der Waals surface area contributed by atoms with Crippen LogP contribution in [0, 0.1) is 5.82 Å². The molecule has 1 atom stereocenters. The molecule has 0 unspecified atom stereocenters. The van der Waals surface area contributed by atoms with E-state index in [1.165, 1.54) is 19.1 Å². The first kappa shape index (κ1) is 11.6. The molecule has 4 nitrogen and oxygen atoms in total. The first-order valence-corrected chi connectivity index (χ1v) is 5.18. The highest BCUT2D eigenvalue weighted by atomic mass is 19.1. The van der Waals surface area contributed by atoms with E-state index < -0.39 is 11.5 Å². The number of fused-ring (bicyclic) bond motifs is 1. The minimum atomic E-state index is -1.33. The number of carboxylic acids is 1. The van der Waals surface area contributed by atoms with E-state index >= 15 is 0 Å². The number of hydrogen-bond donors (Lipinski definition) is 3. The van der Waals surface area contributed by atoms with Gasteiger partial charge in [0.15, 0.2) is 0 Å². The molecule has 0 saturated heterocycles. The van der Waals surface area contributed by atoms with Crippen LogP contribution in [0.25, 0.3) is 10.9 Å². The second kappa shape index (κ2) is 3.85. The fourth-order valence-corrected chi connectivity index (χ4v) is 1.78. The molecule has 5 heteroatoms. The van der Waals surface area contributed by atoms with E-state index in [-0.39, 0.29) is 12.2 Å². The van der Waals surface area contributed by atoms with Gasteiger partial charge in [-0.15, -0.1) is 0 Å². The minimum Gasteiger partial charge on any atom is -0.480 e. The van der Waals surface area contributed by atoms with Crippen LogP contribution in [-0.4, -0.2) is 21.6 Å². The highest BCUT2D eigenvalue weighted by Gasteiger charge is 2.29. The number of aliphatic carboxylic acids is 1. The molecule has 1 aromatic heterocycles. The van der Waals surface area contributed by atoms with Crippen LogP contribution in [0.4, 0.5) is 4.39 Å². The van der Waals surface area contributed by atoms with Crippen molar-refractivity contribution >= 4 is 16.9 Å². The van der Waals surface area contributed by atoms with Crippen molar-refractivity contribution in [2.24, 2.45) is 5.73 Å². The van der Waals surface area contributed by atoms with Gasteiger partial charge in [-0.05, 0) is 30.7 Å². The van der Waals surface area contributed by atoms with Crippen LogP contribution in [0.3, 0.4) is 0 Å². The number of H-pyrrole nitrogens is 1. The SMILES string of the molecule is C[C@](N)(Cc1c[nH]c2cc(F)ccc12)C(=O)O. The van der Waals surface area contributed by atoms with Gasteiger partial charge in [0.05, 0.1) is 0 Å². The smallest absolute Gasteiger partial charge is 0.323 e. The maximum atomic E-state index is 13.0. The third kappa shape index (κ3) is 2.14. The number of nitrogens with two attached hydrogens (primary N) is 1. The van der Waals surface area contributed by atoms with Crippen LogP contribution >= 0.6 is 0 Å². The normalized spacial score (nSPS) is 14.8. The first-order chi connectivity index (χ1) is 7.90. The Bertz CT molecular complexity index is 575. The van der Waals surface area contributed by atoms with Crippen molar-refractivity contribution in [2.75, 3.05) is 0 Å². The highest BCUT2D eigenvalue weighted by Crippen LogP contribution is 2.22. The average Bonchev–Trinajstić information content (AvgIpc) is 2.60. The van der Waals surface area contributed by atoms with Gasteiger partial charge >= 0.3 is 5.97 Å². The zero-order valence-electron chi connectivity index (χ0n) is 9.33. The Kier molecular flexibility index (Phi) is 2.63. The van der Waals surface area contributed by atoms with Crippen molar-refractivity contribution < 1.29 is 14.3 Å². The van der Waals surface area contributed by atoms with Crippen LogP contribution in [0.15, 0.2) is 24.4 Å². The molecule has 0 saturated carbocycles. The second-order valence-corrected chi connectivity index (χ2v) is 4.40. The van der Waals surface area contributed by atoms with Gasteiger partial charge in [0.2, 0.25) is 0 Å². The summed E-state index contributed by atoms with van der Waals surface area (Å²) < 4.78 is 13.0. The molecule has 0 amide bonds. The summed E-state index contributed by atoms with van der Waals surface area (Å²) in [7, 11) is 0.